The third-order valence-electron chi connectivity index (χ3n) is 4.22. The van der Waals surface area contributed by atoms with Gasteiger partial charge < -0.3 is 14.8 Å². The maximum absolute atomic E-state index is 13.0. The van der Waals surface area contributed by atoms with Gasteiger partial charge in [-0.3, -0.25) is 24.1 Å². The van der Waals surface area contributed by atoms with Crippen LogP contribution in [-0.4, -0.2) is 47.2 Å². The number of hydrogen-bond acceptors (Lipinski definition) is 7. The highest BCUT2D eigenvalue weighted by molar-refractivity contribution is 8.18. The molecule has 2 aromatic carbocycles. The molecule has 0 aromatic heterocycles. The summed E-state index contributed by atoms with van der Waals surface area (Å²) in [7, 11) is 0. The lowest BCUT2D eigenvalue weighted by Gasteiger charge is -2.13. The first-order valence-electron chi connectivity index (χ1n) is 9.95. The molecule has 0 atom stereocenters. The number of nitrogens with zero attached hydrogens (tertiary/aromatic N) is 1. The summed E-state index contributed by atoms with van der Waals surface area (Å²) < 4.78 is 23.6. The Bertz CT molecular complexity index is 1100. The Balaban J connectivity index is 1.66. The van der Waals surface area contributed by atoms with Crippen LogP contribution in [0.1, 0.15) is 19.4 Å². The maximum Gasteiger partial charge on any atom is 0.326 e. The molecule has 2 aromatic rings. The molecule has 0 radical (unpaired) electrons. The molecule has 10 heteroatoms. The number of carbonyl (C=O) groups is 4. The fourth-order valence-corrected chi connectivity index (χ4v) is 3.64. The zero-order chi connectivity index (χ0) is 24.0. The molecule has 1 aliphatic rings. The van der Waals surface area contributed by atoms with Crippen molar-refractivity contribution in [1.82, 2.24) is 4.90 Å². The lowest BCUT2D eigenvalue weighted by atomic mass is 10.2. The molecule has 172 valence electrons. The molecule has 8 nitrogen and oxygen atoms in total. The first-order valence-corrected chi connectivity index (χ1v) is 10.8. The van der Waals surface area contributed by atoms with Gasteiger partial charge in [0.15, 0.2) is 6.61 Å². The summed E-state index contributed by atoms with van der Waals surface area (Å²) in [6, 6.07) is 12.0. The van der Waals surface area contributed by atoms with Gasteiger partial charge in [-0.05, 0) is 62.0 Å². The van der Waals surface area contributed by atoms with Crippen molar-refractivity contribution in [2.24, 2.45) is 0 Å². The summed E-state index contributed by atoms with van der Waals surface area (Å²) in [6.45, 7) is 2.54. The highest BCUT2D eigenvalue weighted by Crippen LogP contribution is 2.34. The molecule has 3 rings (SSSR count). The van der Waals surface area contributed by atoms with E-state index in [9.17, 15) is 23.6 Å². The molecule has 0 saturated carbocycles. The van der Waals surface area contributed by atoms with E-state index in [4.69, 9.17) is 9.47 Å². The van der Waals surface area contributed by atoms with E-state index < -0.39 is 35.4 Å². The number of para-hydroxylation sites is 1. The number of anilines is 1. The summed E-state index contributed by atoms with van der Waals surface area (Å²) in [6.07, 6.45) is 1.10. The van der Waals surface area contributed by atoms with E-state index in [0.717, 1.165) is 4.90 Å². The average Bonchev–Trinajstić information content (AvgIpc) is 3.01. The van der Waals surface area contributed by atoms with Crippen molar-refractivity contribution in [3.63, 3.8) is 0 Å². The van der Waals surface area contributed by atoms with Gasteiger partial charge in [-0.2, -0.15) is 0 Å². The topological polar surface area (TPSA) is 102 Å². The molecule has 0 bridgehead atoms. The molecule has 0 unspecified atom stereocenters. The van der Waals surface area contributed by atoms with E-state index in [1.54, 1.807) is 38.1 Å². The van der Waals surface area contributed by atoms with Crippen LogP contribution < -0.4 is 10.1 Å². The van der Waals surface area contributed by atoms with Crippen molar-refractivity contribution in [2.75, 3.05) is 18.5 Å². The zero-order valence-corrected chi connectivity index (χ0v) is 18.7. The number of carbonyl (C=O) groups excluding carboxylic acids is 4. The van der Waals surface area contributed by atoms with Crippen LogP contribution in [-0.2, 0) is 19.1 Å². The number of nitrogens with one attached hydrogen (secondary N) is 1. The van der Waals surface area contributed by atoms with Crippen molar-refractivity contribution in [2.45, 2.75) is 20.0 Å². The largest absolute Gasteiger partial charge is 0.483 e. The maximum atomic E-state index is 13.0. The number of ether oxygens (including phenoxy) is 2. The molecule has 33 heavy (non-hydrogen) atoms. The van der Waals surface area contributed by atoms with Crippen LogP contribution in [0.25, 0.3) is 6.08 Å². The second kappa shape index (κ2) is 10.8. The lowest BCUT2D eigenvalue weighted by Crippen LogP contribution is -2.35. The van der Waals surface area contributed by atoms with Crippen LogP contribution in [0, 0.1) is 5.82 Å². The number of hydrogen-bond donors (Lipinski definition) is 1. The zero-order valence-electron chi connectivity index (χ0n) is 17.9. The minimum atomic E-state index is -0.676. The van der Waals surface area contributed by atoms with Gasteiger partial charge in [0, 0.05) is 11.3 Å². The Hall–Kier alpha value is -3.66. The van der Waals surface area contributed by atoms with E-state index in [-0.39, 0.29) is 17.6 Å². The smallest absolute Gasteiger partial charge is 0.326 e. The van der Waals surface area contributed by atoms with Crippen LogP contribution in [0.3, 0.4) is 0 Å². The van der Waals surface area contributed by atoms with Gasteiger partial charge >= 0.3 is 5.97 Å². The summed E-state index contributed by atoms with van der Waals surface area (Å²) in [5, 5.41) is 2.00. The highest BCUT2D eigenvalue weighted by atomic mass is 32.2. The first-order chi connectivity index (χ1) is 15.7. The SMILES string of the molecule is CC(C)OC(=O)CN1C(=O)S/C(=C/c2ccccc2OCC(=O)Nc2ccc(F)cc2)C1=O. The van der Waals surface area contributed by atoms with Crippen LogP contribution >= 0.6 is 11.8 Å². The molecule has 1 fully saturated rings. The van der Waals surface area contributed by atoms with E-state index in [1.807, 2.05) is 0 Å². The first kappa shape index (κ1) is 24.0. The van der Waals surface area contributed by atoms with E-state index in [0.29, 0.717) is 28.8 Å². The minimum absolute atomic E-state index is 0.115. The van der Waals surface area contributed by atoms with Crippen LogP contribution in [0.5, 0.6) is 5.75 Å². The van der Waals surface area contributed by atoms with Crippen molar-refractivity contribution >= 4 is 46.5 Å². The lowest BCUT2D eigenvalue weighted by molar-refractivity contribution is -0.149. The molecule has 3 amide bonds. The molecule has 1 saturated heterocycles. The van der Waals surface area contributed by atoms with Gasteiger partial charge in [0.05, 0.1) is 11.0 Å². The van der Waals surface area contributed by atoms with E-state index >= 15 is 0 Å². The van der Waals surface area contributed by atoms with Crippen LogP contribution in [0.2, 0.25) is 0 Å². The van der Waals surface area contributed by atoms with Gasteiger partial charge in [0.25, 0.3) is 17.1 Å². The molecular formula is C23H21FN2O6S. The third kappa shape index (κ3) is 6.66. The van der Waals surface area contributed by atoms with Crippen molar-refractivity contribution < 1.29 is 33.0 Å². The number of rotatable bonds is 8. The normalized spacial score (nSPS) is 14.7. The monoisotopic (exact) mass is 472 g/mol. The molecule has 1 N–H and O–H groups in total. The molecule has 1 aliphatic heterocycles. The summed E-state index contributed by atoms with van der Waals surface area (Å²) in [5.41, 5.74) is 0.894. The van der Waals surface area contributed by atoms with Crippen molar-refractivity contribution in [3.05, 3.63) is 64.8 Å². The number of thioether (sulfide) groups is 1. The molecular weight excluding hydrogens is 451 g/mol. The Morgan fingerprint density at radius 1 is 1.12 bits per heavy atom. The summed E-state index contributed by atoms with van der Waals surface area (Å²) in [4.78, 5) is 49.8. The molecule has 0 spiro atoms. The Labute approximate surface area is 193 Å². The fourth-order valence-electron chi connectivity index (χ4n) is 2.81. The van der Waals surface area contributed by atoms with E-state index in [1.165, 1.54) is 30.3 Å². The Kier molecular flexibility index (Phi) is 7.83. The average molecular weight is 472 g/mol. The quantitative estimate of drug-likeness (QED) is 0.460. The number of benzene rings is 2. The second-order valence-electron chi connectivity index (χ2n) is 7.19. The predicted molar refractivity (Wildman–Crippen MR) is 121 cm³/mol. The second-order valence-corrected chi connectivity index (χ2v) is 8.18. The van der Waals surface area contributed by atoms with Gasteiger partial charge in [-0.15, -0.1) is 0 Å². The number of imide groups is 1. The summed E-state index contributed by atoms with van der Waals surface area (Å²) >= 11 is 0.699. The van der Waals surface area contributed by atoms with Gasteiger partial charge in [0.2, 0.25) is 0 Å². The predicted octanol–water partition coefficient (Wildman–Crippen LogP) is 3.83. The number of halogens is 1. The fraction of sp³-hybridized carbons (Fsp3) is 0.217. The van der Waals surface area contributed by atoms with Gasteiger partial charge in [0.1, 0.15) is 18.1 Å². The van der Waals surface area contributed by atoms with Crippen molar-refractivity contribution in [1.29, 1.82) is 0 Å². The molecule has 0 aliphatic carbocycles. The van der Waals surface area contributed by atoms with Crippen molar-refractivity contribution in [3.8, 4) is 5.75 Å². The minimum Gasteiger partial charge on any atom is -0.483 e. The third-order valence-corrected chi connectivity index (χ3v) is 5.13. The van der Waals surface area contributed by atoms with E-state index in [2.05, 4.69) is 5.32 Å². The van der Waals surface area contributed by atoms with Crippen LogP contribution in [0.15, 0.2) is 53.4 Å². The van der Waals surface area contributed by atoms with Gasteiger partial charge in [-0.1, -0.05) is 18.2 Å². The summed E-state index contributed by atoms with van der Waals surface area (Å²) in [5.74, 6) is -1.85. The number of amides is 3. The Morgan fingerprint density at radius 2 is 1.82 bits per heavy atom. The molecule has 1 heterocycles. The van der Waals surface area contributed by atoms with Crippen LogP contribution in [0.4, 0.5) is 14.9 Å². The highest BCUT2D eigenvalue weighted by Gasteiger charge is 2.37. The number of esters is 1. The van der Waals surface area contributed by atoms with Gasteiger partial charge in [-0.25, -0.2) is 4.39 Å². The standard InChI is InChI=1S/C23H21FN2O6S/c1-14(2)32-21(28)12-26-22(29)19(33-23(26)30)11-15-5-3-4-6-18(15)31-13-20(27)25-17-9-7-16(24)8-10-17/h3-11,14H,12-13H2,1-2H3,(H,25,27)/b19-11+. The Morgan fingerprint density at radius 3 is 2.52 bits per heavy atom.